The molecule has 6 nitrogen and oxygen atoms in total. The van der Waals surface area contributed by atoms with Crippen molar-refractivity contribution in [3.05, 3.63) is 60.7 Å². The number of carbonyl (C=O) groups is 2. The van der Waals surface area contributed by atoms with Gasteiger partial charge in [0.15, 0.2) is 0 Å². The van der Waals surface area contributed by atoms with Gasteiger partial charge in [0.1, 0.15) is 0 Å². The van der Waals surface area contributed by atoms with E-state index >= 15 is 0 Å². The van der Waals surface area contributed by atoms with E-state index in [1.165, 1.54) is 25.2 Å². The molecule has 0 aliphatic carbocycles. The van der Waals surface area contributed by atoms with Crippen LogP contribution in [0, 0.1) is 0 Å². The van der Waals surface area contributed by atoms with Gasteiger partial charge in [-0.2, -0.15) is 0 Å². The Hall–Kier alpha value is -3.02. The van der Waals surface area contributed by atoms with Gasteiger partial charge in [0.25, 0.3) is 0 Å². The van der Waals surface area contributed by atoms with Crippen LogP contribution in [0.25, 0.3) is 11.1 Å². The van der Waals surface area contributed by atoms with Crippen LogP contribution in [-0.2, 0) is 0 Å². The molecule has 0 bridgehead atoms. The first-order valence-corrected chi connectivity index (χ1v) is 6.43. The SMILES string of the molecule is CNC(=O)O.CNC(=O)O.c1ccc(-c2ccccc2)cc1. The minimum Gasteiger partial charge on any atom is -0.465 e. The van der Waals surface area contributed by atoms with Crippen molar-refractivity contribution in [3.8, 4) is 11.1 Å². The van der Waals surface area contributed by atoms with Crippen LogP contribution >= 0.6 is 0 Å². The normalized spacial score (nSPS) is 8.27. The van der Waals surface area contributed by atoms with E-state index in [0.29, 0.717) is 0 Å². The molecule has 0 aliphatic heterocycles. The van der Waals surface area contributed by atoms with Gasteiger partial charge in [-0.25, -0.2) is 9.59 Å². The fourth-order valence-corrected chi connectivity index (χ4v) is 1.26. The monoisotopic (exact) mass is 304 g/mol. The predicted octanol–water partition coefficient (Wildman–Crippen LogP) is 3.12. The molecule has 0 radical (unpaired) electrons. The smallest absolute Gasteiger partial charge is 0.404 e. The van der Waals surface area contributed by atoms with Gasteiger partial charge in [0.05, 0.1) is 0 Å². The summed E-state index contributed by atoms with van der Waals surface area (Å²) in [5, 5.41) is 19.1. The van der Waals surface area contributed by atoms with E-state index in [-0.39, 0.29) is 0 Å². The molecule has 2 aromatic carbocycles. The summed E-state index contributed by atoms with van der Waals surface area (Å²) in [6.07, 6.45) is -1.99. The third kappa shape index (κ3) is 9.85. The van der Waals surface area contributed by atoms with Crippen LogP contribution in [0.2, 0.25) is 0 Å². The first kappa shape index (κ1) is 19.0. The zero-order chi connectivity index (χ0) is 16.8. The lowest BCUT2D eigenvalue weighted by Crippen LogP contribution is -2.13. The van der Waals surface area contributed by atoms with Gasteiger partial charge >= 0.3 is 12.2 Å². The van der Waals surface area contributed by atoms with Crippen molar-refractivity contribution in [2.24, 2.45) is 0 Å². The lowest BCUT2D eigenvalue weighted by molar-refractivity contribution is 0.196. The molecule has 118 valence electrons. The summed E-state index contributed by atoms with van der Waals surface area (Å²) in [5.41, 5.74) is 2.55. The molecule has 4 N–H and O–H groups in total. The number of carboxylic acid groups (broad SMARTS) is 2. The molecular weight excluding hydrogens is 284 g/mol. The van der Waals surface area contributed by atoms with Gasteiger partial charge in [-0.3, -0.25) is 0 Å². The van der Waals surface area contributed by atoms with Crippen LogP contribution in [0.1, 0.15) is 0 Å². The van der Waals surface area contributed by atoms with Crippen molar-refractivity contribution < 1.29 is 19.8 Å². The van der Waals surface area contributed by atoms with E-state index < -0.39 is 12.2 Å². The quantitative estimate of drug-likeness (QED) is 0.650. The predicted molar refractivity (Wildman–Crippen MR) is 86.0 cm³/mol. The Morgan fingerprint density at radius 1 is 0.682 bits per heavy atom. The summed E-state index contributed by atoms with van der Waals surface area (Å²) in [4.78, 5) is 18.5. The van der Waals surface area contributed by atoms with Crippen molar-refractivity contribution in [3.63, 3.8) is 0 Å². The molecule has 0 unspecified atom stereocenters. The second-order valence-electron chi connectivity index (χ2n) is 3.84. The van der Waals surface area contributed by atoms with E-state index in [0.717, 1.165) is 0 Å². The lowest BCUT2D eigenvalue weighted by Gasteiger charge is -1.98. The first-order chi connectivity index (χ1) is 10.5. The van der Waals surface area contributed by atoms with Crippen LogP contribution in [-0.4, -0.2) is 36.5 Å². The van der Waals surface area contributed by atoms with Crippen molar-refractivity contribution in [1.29, 1.82) is 0 Å². The van der Waals surface area contributed by atoms with E-state index in [4.69, 9.17) is 10.2 Å². The largest absolute Gasteiger partial charge is 0.465 e. The number of rotatable bonds is 1. The summed E-state index contributed by atoms with van der Waals surface area (Å²) >= 11 is 0. The molecule has 0 saturated carbocycles. The molecule has 22 heavy (non-hydrogen) atoms. The topological polar surface area (TPSA) is 98.7 Å². The molecule has 2 amide bonds. The number of benzene rings is 2. The Labute approximate surface area is 129 Å². The summed E-state index contributed by atoms with van der Waals surface area (Å²) in [6, 6.07) is 20.8. The Kier molecular flexibility index (Phi) is 10.2. The van der Waals surface area contributed by atoms with Crippen LogP contribution in [0.5, 0.6) is 0 Å². The molecule has 0 aromatic heterocycles. The highest BCUT2D eigenvalue weighted by Crippen LogP contribution is 2.17. The van der Waals surface area contributed by atoms with Crippen LogP contribution < -0.4 is 10.6 Å². The lowest BCUT2D eigenvalue weighted by atomic mass is 10.1. The molecule has 0 aliphatic rings. The van der Waals surface area contributed by atoms with E-state index in [9.17, 15) is 9.59 Å². The average molecular weight is 304 g/mol. The molecule has 6 heteroatoms. The van der Waals surface area contributed by atoms with Crippen LogP contribution in [0.15, 0.2) is 60.7 Å². The summed E-state index contributed by atoms with van der Waals surface area (Å²) in [7, 11) is 2.70. The van der Waals surface area contributed by atoms with Crippen LogP contribution in [0.3, 0.4) is 0 Å². The van der Waals surface area contributed by atoms with Gasteiger partial charge in [0, 0.05) is 14.1 Å². The van der Waals surface area contributed by atoms with E-state index in [2.05, 4.69) is 48.5 Å². The molecule has 0 heterocycles. The van der Waals surface area contributed by atoms with Crippen molar-refractivity contribution in [2.75, 3.05) is 14.1 Å². The van der Waals surface area contributed by atoms with Crippen LogP contribution in [0.4, 0.5) is 9.59 Å². The molecule has 2 aromatic rings. The molecule has 0 fully saturated rings. The maximum Gasteiger partial charge on any atom is 0.404 e. The van der Waals surface area contributed by atoms with E-state index in [1.807, 2.05) is 22.8 Å². The fourth-order valence-electron chi connectivity index (χ4n) is 1.26. The second kappa shape index (κ2) is 11.8. The number of hydrogen-bond acceptors (Lipinski definition) is 2. The molecule has 2 rings (SSSR count). The minimum absolute atomic E-state index is 0.995. The summed E-state index contributed by atoms with van der Waals surface area (Å²) < 4.78 is 0. The molecule has 0 saturated heterocycles. The minimum atomic E-state index is -0.995. The Morgan fingerprint density at radius 2 is 0.909 bits per heavy atom. The number of nitrogens with one attached hydrogen (secondary N) is 2. The van der Waals surface area contributed by atoms with Crippen molar-refractivity contribution in [2.45, 2.75) is 0 Å². The number of hydrogen-bond donors (Lipinski definition) is 4. The van der Waals surface area contributed by atoms with Crippen molar-refractivity contribution >= 4 is 12.2 Å². The molecule has 0 atom stereocenters. The zero-order valence-corrected chi connectivity index (χ0v) is 12.5. The Balaban J connectivity index is 0.000000372. The second-order valence-corrected chi connectivity index (χ2v) is 3.84. The Bertz CT molecular complexity index is 493. The highest BCUT2D eigenvalue weighted by molar-refractivity contribution is 5.64. The summed E-state index contributed by atoms with van der Waals surface area (Å²) in [6.45, 7) is 0. The highest BCUT2D eigenvalue weighted by atomic mass is 16.4. The standard InChI is InChI=1S/C12H10.2C2H5NO2/c1-3-7-11(8-4-1)12-9-5-2-6-10-12;2*1-3-2(4)5/h1-10H;2*3H,1H3,(H,4,5). The highest BCUT2D eigenvalue weighted by Gasteiger charge is 1.91. The Morgan fingerprint density at radius 3 is 1.09 bits per heavy atom. The van der Waals surface area contributed by atoms with Gasteiger partial charge in [-0.15, -0.1) is 0 Å². The zero-order valence-electron chi connectivity index (χ0n) is 12.5. The molecule has 0 spiro atoms. The van der Waals surface area contributed by atoms with E-state index in [1.54, 1.807) is 0 Å². The third-order valence-electron chi connectivity index (χ3n) is 2.31. The van der Waals surface area contributed by atoms with Gasteiger partial charge in [-0.05, 0) is 11.1 Å². The fraction of sp³-hybridized carbons (Fsp3) is 0.125. The summed E-state index contributed by atoms with van der Waals surface area (Å²) in [5.74, 6) is 0. The maximum atomic E-state index is 9.26. The maximum absolute atomic E-state index is 9.26. The van der Waals surface area contributed by atoms with Gasteiger partial charge in [0.2, 0.25) is 0 Å². The molecular formula is C16H20N2O4. The average Bonchev–Trinajstić information content (AvgIpc) is 2.57. The number of amides is 2. The third-order valence-corrected chi connectivity index (χ3v) is 2.31. The van der Waals surface area contributed by atoms with Gasteiger partial charge < -0.3 is 20.8 Å². The first-order valence-electron chi connectivity index (χ1n) is 6.43. The van der Waals surface area contributed by atoms with Gasteiger partial charge in [-0.1, -0.05) is 60.7 Å². The van der Waals surface area contributed by atoms with Crippen molar-refractivity contribution in [1.82, 2.24) is 10.6 Å².